The Labute approximate surface area is 251 Å². The number of nitrogens with one attached hydrogen (secondary N) is 1. The summed E-state index contributed by atoms with van der Waals surface area (Å²) in [5.41, 5.74) is 2.53. The Kier molecular flexibility index (Phi) is 14.2. The summed E-state index contributed by atoms with van der Waals surface area (Å²) >= 11 is 9.54. The molecule has 0 saturated heterocycles. The highest BCUT2D eigenvalue weighted by molar-refractivity contribution is 8.16. The second kappa shape index (κ2) is 17.0. The number of fused-ring (bicyclic) bond motifs is 1. The number of carbonyl (C=O) groups is 2. The summed E-state index contributed by atoms with van der Waals surface area (Å²) in [6, 6.07) is 19.8. The van der Waals surface area contributed by atoms with E-state index in [-0.39, 0.29) is 16.0 Å². The van der Waals surface area contributed by atoms with E-state index in [4.69, 9.17) is 21.6 Å². The zero-order chi connectivity index (χ0) is 29.5. The summed E-state index contributed by atoms with van der Waals surface area (Å²) in [5, 5.41) is 13.6. The van der Waals surface area contributed by atoms with E-state index in [1.54, 1.807) is 37.6 Å². The SMILES string of the molecule is CC(C)(C)NC(=O)CCSC(SCCC#N)c1cccc(OCc2ccc3ccc(Cl)cc3n2)c1.CN(C)C=O. The van der Waals surface area contributed by atoms with E-state index in [2.05, 4.69) is 22.4 Å². The Morgan fingerprint density at radius 3 is 2.52 bits per heavy atom. The smallest absolute Gasteiger partial charge is 0.221 e. The summed E-state index contributed by atoms with van der Waals surface area (Å²) in [7, 11) is 3.38. The molecular formula is C30H37ClN4O3S2. The van der Waals surface area contributed by atoms with Crippen LogP contribution in [0.1, 0.15) is 49.5 Å². The lowest BCUT2D eigenvalue weighted by Gasteiger charge is -2.21. The number of nitrogens with zero attached hydrogens (tertiary/aromatic N) is 3. The average molecular weight is 601 g/mol. The van der Waals surface area contributed by atoms with Gasteiger partial charge in [0.2, 0.25) is 12.3 Å². The maximum Gasteiger partial charge on any atom is 0.221 e. The Balaban J connectivity index is 0.00000103. The molecule has 10 heteroatoms. The number of aromatic nitrogens is 1. The predicted octanol–water partition coefficient (Wildman–Crippen LogP) is 6.86. The number of thioether (sulfide) groups is 2. The van der Waals surface area contributed by atoms with Gasteiger partial charge in [-0.15, -0.1) is 23.5 Å². The van der Waals surface area contributed by atoms with E-state index >= 15 is 0 Å². The molecule has 0 aliphatic heterocycles. The zero-order valence-corrected chi connectivity index (χ0v) is 26.0. The number of hydrogen-bond donors (Lipinski definition) is 1. The lowest BCUT2D eigenvalue weighted by atomic mass is 10.1. The fraction of sp³-hybridized carbons (Fsp3) is 0.400. The number of rotatable bonds is 12. The van der Waals surface area contributed by atoms with Crippen LogP contribution >= 0.6 is 35.1 Å². The van der Waals surface area contributed by atoms with Crippen molar-refractivity contribution in [3.05, 3.63) is 70.9 Å². The van der Waals surface area contributed by atoms with Crippen LogP contribution in [0.25, 0.3) is 10.9 Å². The third kappa shape index (κ3) is 12.9. The van der Waals surface area contributed by atoms with Crippen molar-refractivity contribution in [2.45, 2.75) is 50.3 Å². The van der Waals surface area contributed by atoms with Gasteiger partial charge >= 0.3 is 0 Å². The van der Waals surface area contributed by atoms with E-state index in [0.717, 1.165) is 40.1 Å². The average Bonchev–Trinajstić information content (AvgIpc) is 2.90. The Bertz CT molecular complexity index is 1290. The molecular weight excluding hydrogens is 564 g/mol. The van der Waals surface area contributed by atoms with Crippen molar-refractivity contribution < 1.29 is 14.3 Å². The van der Waals surface area contributed by atoms with Crippen molar-refractivity contribution in [1.82, 2.24) is 15.2 Å². The van der Waals surface area contributed by atoms with E-state index in [9.17, 15) is 9.59 Å². The molecule has 0 fully saturated rings. The summed E-state index contributed by atoms with van der Waals surface area (Å²) in [6.07, 6.45) is 1.69. The monoisotopic (exact) mass is 600 g/mol. The molecule has 1 aromatic heterocycles. The number of carbonyl (C=O) groups excluding carboxylic acids is 2. The highest BCUT2D eigenvalue weighted by atomic mass is 35.5. The minimum absolute atomic E-state index is 0.0482. The van der Waals surface area contributed by atoms with Gasteiger partial charge in [-0.1, -0.05) is 35.9 Å². The van der Waals surface area contributed by atoms with Crippen molar-refractivity contribution in [2.24, 2.45) is 0 Å². The first-order valence-electron chi connectivity index (χ1n) is 12.8. The van der Waals surface area contributed by atoms with Gasteiger partial charge in [0.15, 0.2) is 0 Å². The minimum atomic E-state index is -0.236. The van der Waals surface area contributed by atoms with Crippen molar-refractivity contribution in [3.8, 4) is 11.8 Å². The number of benzene rings is 2. The molecule has 0 spiro atoms. The van der Waals surface area contributed by atoms with Gasteiger partial charge in [-0.2, -0.15) is 5.26 Å². The number of amides is 2. The van der Waals surface area contributed by atoms with Crippen molar-refractivity contribution in [2.75, 3.05) is 25.6 Å². The van der Waals surface area contributed by atoms with Crippen LogP contribution < -0.4 is 10.1 Å². The number of ether oxygens (including phenoxy) is 1. The molecule has 1 atom stereocenters. The molecule has 40 heavy (non-hydrogen) atoms. The second-order valence-corrected chi connectivity index (χ2v) is 13.3. The maximum absolute atomic E-state index is 12.2. The summed E-state index contributed by atoms with van der Waals surface area (Å²) < 4.78 is 6.16. The highest BCUT2D eigenvalue weighted by Crippen LogP contribution is 2.41. The molecule has 2 aromatic carbocycles. The normalized spacial score (nSPS) is 11.5. The lowest BCUT2D eigenvalue weighted by molar-refractivity contribution is -0.122. The van der Waals surface area contributed by atoms with Crippen LogP contribution in [-0.4, -0.2) is 53.3 Å². The second-order valence-electron chi connectivity index (χ2n) is 10.1. The quantitative estimate of drug-likeness (QED) is 0.138. The first-order chi connectivity index (χ1) is 19.0. The molecule has 1 N–H and O–H groups in total. The first-order valence-corrected chi connectivity index (χ1v) is 15.3. The topological polar surface area (TPSA) is 95.3 Å². The molecule has 1 heterocycles. The number of pyridine rings is 1. The largest absolute Gasteiger partial charge is 0.487 e. The van der Waals surface area contributed by atoms with E-state index in [1.165, 1.54) is 4.90 Å². The lowest BCUT2D eigenvalue weighted by Crippen LogP contribution is -2.40. The number of hydrogen-bond acceptors (Lipinski definition) is 7. The molecule has 0 radical (unpaired) electrons. The fourth-order valence-corrected chi connectivity index (χ4v) is 6.06. The van der Waals surface area contributed by atoms with E-state index < -0.39 is 0 Å². The van der Waals surface area contributed by atoms with E-state index in [0.29, 0.717) is 30.2 Å². The Hall–Kier alpha value is -2.93. The summed E-state index contributed by atoms with van der Waals surface area (Å²) in [5.74, 6) is 2.23. The fourth-order valence-electron chi connectivity index (χ4n) is 3.31. The van der Waals surface area contributed by atoms with Gasteiger partial charge in [0.05, 0.1) is 21.9 Å². The Morgan fingerprint density at radius 2 is 1.85 bits per heavy atom. The molecule has 3 aromatic rings. The van der Waals surface area contributed by atoms with Crippen LogP contribution in [0.15, 0.2) is 54.6 Å². The molecule has 2 amide bonds. The van der Waals surface area contributed by atoms with Crippen LogP contribution in [0.3, 0.4) is 0 Å². The van der Waals surface area contributed by atoms with Crippen molar-refractivity contribution in [1.29, 1.82) is 5.26 Å². The van der Waals surface area contributed by atoms with Crippen LogP contribution in [0.2, 0.25) is 5.02 Å². The van der Waals surface area contributed by atoms with Gasteiger partial charge in [-0.25, -0.2) is 4.98 Å². The van der Waals surface area contributed by atoms with E-state index in [1.807, 2.05) is 69.3 Å². The molecule has 3 rings (SSSR count). The number of halogens is 1. The minimum Gasteiger partial charge on any atom is -0.487 e. The molecule has 0 aliphatic rings. The van der Waals surface area contributed by atoms with Gasteiger partial charge < -0.3 is 15.0 Å². The van der Waals surface area contributed by atoms with Gasteiger partial charge in [-0.05, 0) is 56.7 Å². The predicted molar refractivity (Wildman–Crippen MR) is 168 cm³/mol. The Morgan fingerprint density at radius 1 is 1.15 bits per heavy atom. The summed E-state index contributed by atoms with van der Waals surface area (Å²) in [6.45, 7) is 6.28. The maximum atomic E-state index is 12.2. The third-order valence-electron chi connectivity index (χ3n) is 5.04. The van der Waals surface area contributed by atoms with Gasteiger partial charge in [0, 0.05) is 54.4 Å². The van der Waals surface area contributed by atoms with Gasteiger partial charge in [-0.3, -0.25) is 9.59 Å². The van der Waals surface area contributed by atoms with Crippen molar-refractivity contribution >= 4 is 58.3 Å². The highest BCUT2D eigenvalue weighted by Gasteiger charge is 2.17. The standard InChI is InChI=1S/C27H30ClN3O2S2.C3H7NO/c1-27(2,3)31-25(32)12-15-35-26(34-14-5-13-29)20-6-4-7-23(16-20)33-18-22-11-9-19-8-10-21(28)17-24(19)30-22;1-4(2)3-5/h4,6-11,16-17,26H,5,12,14-15,18H2,1-3H3,(H,31,32);3H,1-2H3. The third-order valence-corrected chi connectivity index (χ3v) is 8.12. The molecule has 1 unspecified atom stereocenters. The molecule has 0 bridgehead atoms. The van der Waals surface area contributed by atoms with Crippen LogP contribution in [0, 0.1) is 11.3 Å². The summed E-state index contributed by atoms with van der Waals surface area (Å²) in [4.78, 5) is 27.7. The first kappa shape index (κ1) is 33.3. The van der Waals surface area contributed by atoms with Crippen LogP contribution in [0.5, 0.6) is 5.75 Å². The van der Waals surface area contributed by atoms with Gasteiger partial charge in [0.1, 0.15) is 12.4 Å². The van der Waals surface area contributed by atoms with Gasteiger partial charge in [0.25, 0.3) is 0 Å². The van der Waals surface area contributed by atoms with Crippen LogP contribution in [0.4, 0.5) is 0 Å². The molecule has 0 aliphatic carbocycles. The zero-order valence-electron chi connectivity index (χ0n) is 23.6. The van der Waals surface area contributed by atoms with Crippen LogP contribution in [-0.2, 0) is 16.2 Å². The van der Waals surface area contributed by atoms with Crippen molar-refractivity contribution in [3.63, 3.8) is 0 Å². The number of nitriles is 1. The molecule has 0 saturated carbocycles. The molecule has 7 nitrogen and oxygen atoms in total. The molecule has 214 valence electrons.